The summed E-state index contributed by atoms with van der Waals surface area (Å²) in [6.45, 7) is 0.924. The van der Waals surface area contributed by atoms with E-state index >= 15 is 0 Å². The van der Waals surface area contributed by atoms with Crippen molar-refractivity contribution < 1.29 is 23.9 Å². The Balaban J connectivity index is 1.38. The molecule has 1 unspecified atom stereocenters. The number of benzene rings is 3. The van der Waals surface area contributed by atoms with Crippen LogP contribution in [0.5, 0.6) is 0 Å². The summed E-state index contributed by atoms with van der Waals surface area (Å²) >= 11 is 5.82. The summed E-state index contributed by atoms with van der Waals surface area (Å²) in [7, 11) is 0. The van der Waals surface area contributed by atoms with Crippen LogP contribution in [0.15, 0.2) is 48.5 Å². The van der Waals surface area contributed by atoms with Crippen molar-refractivity contribution in [2.75, 3.05) is 6.61 Å². The van der Waals surface area contributed by atoms with E-state index in [0.29, 0.717) is 27.1 Å². The first-order chi connectivity index (χ1) is 15.4. The Kier molecular flexibility index (Phi) is 4.82. The second-order valence-corrected chi connectivity index (χ2v) is 8.42. The molecule has 7 heteroatoms. The van der Waals surface area contributed by atoms with Gasteiger partial charge in [0.05, 0.1) is 0 Å². The lowest BCUT2D eigenvalue weighted by Gasteiger charge is -2.31. The van der Waals surface area contributed by atoms with Crippen molar-refractivity contribution in [3.63, 3.8) is 0 Å². The minimum Gasteiger partial charge on any atom is -0.456 e. The monoisotopic (exact) mass is 447 g/mol. The molecule has 2 aliphatic rings. The number of nitrogens with zero attached hydrogens (tertiary/aromatic N) is 1. The van der Waals surface area contributed by atoms with E-state index in [9.17, 15) is 19.2 Å². The highest BCUT2D eigenvalue weighted by molar-refractivity contribution is 6.30. The van der Waals surface area contributed by atoms with Gasteiger partial charge in [0.1, 0.15) is 6.04 Å². The number of aryl methyl sites for hydroxylation is 2. The second kappa shape index (κ2) is 7.57. The van der Waals surface area contributed by atoms with Crippen LogP contribution in [-0.4, -0.2) is 41.1 Å². The molecule has 0 radical (unpaired) electrons. The first-order valence-corrected chi connectivity index (χ1v) is 10.7. The predicted octanol–water partition coefficient (Wildman–Crippen LogP) is 4.00. The molecule has 1 atom stereocenters. The number of esters is 1. The first-order valence-electron chi connectivity index (χ1n) is 10.3. The first kappa shape index (κ1) is 20.4. The van der Waals surface area contributed by atoms with Crippen molar-refractivity contribution >= 4 is 45.9 Å². The maximum Gasteiger partial charge on any atom is 0.329 e. The predicted molar refractivity (Wildman–Crippen MR) is 118 cm³/mol. The SMILES string of the molecule is CC(C(=O)OCC(=O)c1ccc(Cl)cc1)N1C(=O)c2ccc3c4c(ccc(c24)C1=O)CC3. The van der Waals surface area contributed by atoms with Crippen LogP contribution in [0.4, 0.5) is 0 Å². The van der Waals surface area contributed by atoms with Gasteiger partial charge in [0.15, 0.2) is 12.4 Å². The van der Waals surface area contributed by atoms with E-state index in [-0.39, 0.29) is 0 Å². The number of hydrogen-bond donors (Lipinski definition) is 0. The van der Waals surface area contributed by atoms with Crippen molar-refractivity contribution in [2.24, 2.45) is 0 Å². The fourth-order valence-electron chi connectivity index (χ4n) is 4.47. The van der Waals surface area contributed by atoms with E-state index in [1.165, 1.54) is 19.1 Å². The van der Waals surface area contributed by atoms with E-state index in [1.807, 2.05) is 12.1 Å². The molecule has 0 aromatic heterocycles. The number of carbonyl (C=O) groups is 4. The van der Waals surface area contributed by atoms with Gasteiger partial charge in [0, 0.05) is 27.1 Å². The third-order valence-electron chi connectivity index (χ3n) is 6.14. The molecule has 6 nitrogen and oxygen atoms in total. The van der Waals surface area contributed by atoms with Crippen LogP contribution in [0, 0.1) is 0 Å². The number of rotatable bonds is 5. The van der Waals surface area contributed by atoms with Crippen LogP contribution in [0.1, 0.15) is 49.1 Å². The number of imide groups is 1. The van der Waals surface area contributed by atoms with Crippen molar-refractivity contribution in [2.45, 2.75) is 25.8 Å². The Hall–Kier alpha value is -3.51. The van der Waals surface area contributed by atoms with Gasteiger partial charge in [-0.1, -0.05) is 23.7 Å². The molecular weight excluding hydrogens is 430 g/mol. The summed E-state index contributed by atoms with van der Waals surface area (Å²) in [5.74, 6) is -2.31. The van der Waals surface area contributed by atoms with Gasteiger partial charge in [0.25, 0.3) is 11.8 Å². The minimum absolute atomic E-state index is 0.345. The van der Waals surface area contributed by atoms with Crippen LogP contribution < -0.4 is 0 Å². The average molecular weight is 448 g/mol. The molecular formula is C25H18ClNO5. The van der Waals surface area contributed by atoms with Crippen molar-refractivity contribution in [1.29, 1.82) is 0 Å². The van der Waals surface area contributed by atoms with Gasteiger partial charge in [-0.05, 0) is 72.7 Å². The highest BCUT2D eigenvalue weighted by Crippen LogP contribution is 2.38. The number of carbonyl (C=O) groups excluding carboxylic acids is 4. The van der Waals surface area contributed by atoms with Crippen LogP contribution in [0.2, 0.25) is 5.02 Å². The maximum atomic E-state index is 13.2. The van der Waals surface area contributed by atoms with Gasteiger partial charge in [-0.25, -0.2) is 4.79 Å². The zero-order valence-electron chi connectivity index (χ0n) is 17.2. The number of ether oxygens (including phenoxy) is 1. The van der Waals surface area contributed by atoms with Crippen LogP contribution in [0.3, 0.4) is 0 Å². The summed E-state index contributed by atoms with van der Waals surface area (Å²) < 4.78 is 5.14. The lowest BCUT2D eigenvalue weighted by molar-refractivity contribution is -0.146. The zero-order valence-corrected chi connectivity index (χ0v) is 17.9. The minimum atomic E-state index is -1.18. The molecule has 2 amide bonds. The highest BCUT2D eigenvalue weighted by Gasteiger charge is 2.40. The normalized spacial score (nSPS) is 15.2. The largest absolute Gasteiger partial charge is 0.456 e. The van der Waals surface area contributed by atoms with E-state index in [2.05, 4.69) is 0 Å². The van der Waals surface area contributed by atoms with Gasteiger partial charge in [-0.3, -0.25) is 19.3 Å². The molecule has 3 aromatic rings. The summed E-state index contributed by atoms with van der Waals surface area (Å²) in [4.78, 5) is 52.3. The third kappa shape index (κ3) is 3.10. The number of halogens is 1. The molecule has 0 saturated heterocycles. The molecule has 0 spiro atoms. The standard InChI is InChI=1S/C25H18ClNO5/c1-13(25(31)32-12-20(28)14-4-8-17(26)9-5-14)27-23(29)18-10-6-15-2-3-16-7-11-19(24(27)30)22(18)21(15)16/h4-11,13H,2-3,12H2,1H3. The number of ketones is 1. The van der Waals surface area contributed by atoms with Crippen molar-refractivity contribution in [1.82, 2.24) is 4.90 Å². The Morgan fingerprint density at radius 3 is 2.03 bits per heavy atom. The van der Waals surface area contributed by atoms with Gasteiger partial charge in [-0.15, -0.1) is 0 Å². The molecule has 32 heavy (non-hydrogen) atoms. The average Bonchev–Trinajstić information content (AvgIpc) is 3.22. The summed E-state index contributed by atoms with van der Waals surface area (Å²) in [5.41, 5.74) is 3.40. The summed E-state index contributed by atoms with van der Waals surface area (Å²) in [6, 6.07) is 12.3. The Bertz CT molecular complexity index is 1270. The lowest BCUT2D eigenvalue weighted by atomic mass is 9.90. The molecule has 0 fully saturated rings. The maximum absolute atomic E-state index is 13.2. The molecule has 160 valence electrons. The fourth-order valence-corrected chi connectivity index (χ4v) is 4.60. The van der Waals surface area contributed by atoms with Gasteiger partial charge >= 0.3 is 5.97 Å². The van der Waals surface area contributed by atoms with E-state index in [1.54, 1.807) is 24.3 Å². The number of Topliss-reactive ketones (excluding diaryl/α,β-unsaturated/α-hetero) is 1. The number of amides is 2. The second-order valence-electron chi connectivity index (χ2n) is 7.99. The molecule has 3 aromatic carbocycles. The molecule has 1 aliphatic heterocycles. The summed E-state index contributed by atoms with van der Waals surface area (Å²) in [5, 5.41) is 2.13. The highest BCUT2D eigenvalue weighted by atomic mass is 35.5. The van der Waals surface area contributed by atoms with Crippen LogP contribution >= 0.6 is 11.6 Å². The summed E-state index contributed by atoms with van der Waals surface area (Å²) in [6.07, 6.45) is 1.76. The quantitative estimate of drug-likeness (QED) is 0.335. The van der Waals surface area contributed by atoms with E-state index < -0.39 is 36.2 Å². The molecule has 5 rings (SSSR count). The topological polar surface area (TPSA) is 80.8 Å². The van der Waals surface area contributed by atoms with Gasteiger partial charge in [-0.2, -0.15) is 0 Å². The van der Waals surface area contributed by atoms with E-state index in [0.717, 1.165) is 34.3 Å². The Morgan fingerprint density at radius 2 is 1.47 bits per heavy atom. The Morgan fingerprint density at radius 1 is 0.906 bits per heavy atom. The van der Waals surface area contributed by atoms with Gasteiger partial charge in [0.2, 0.25) is 0 Å². The zero-order chi connectivity index (χ0) is 22.6. The van der Waals surface area contributed by atoms with Crippen LogP contribution in [0.25, 0.3) is 10.8 Å². The van der Waals surface area contributed by atoms with Crippen LogP contribution in [-0.2, 0) is 22.4 Å². The van der Waals surface area contributed by atoms with Gasteiger partial charge < -0.3 is 4.74 Å². The molecule has 0 N–H and O–H groups in total. The molecule has 0 saturated carbocycles. The molecule has 1 aliphatic carbocycles. The third-order valence-corrected chi connectivity index (χ3v) is 6.39. The molecule has 0 bridgehead atoms. The van der Waals surface area contributed by atoms with Crippen molar-refractivity contribution in [3.05, 3.63) is 81.4 Å². The van der Waals surface area contributed by atoms with Crippen molar-refractivity contribution in [3.8, 4) is 0 Å². The fraction of sp³-hybridized carbons (Fsp3) is 0.200. The number of hydrogen-bond acceptors (Lipinski definition) is 5. The Labute approximate surface area is 188 Å². The molecule has 1 heterocycles. The lowest BCUT2D eigenvalue weighted by Crippen LogP contribution is -2.49. The van der Waals surface area contributed by atoms with E-state index in [4.69, 9.17) is 16.3 Å². The smallest absolute Gasteiger partial charge is 0.329 e.